The van der Waals surface area contributed by atoms with Crippen LogP contribution >= 0.6 is 0 Å². The van der Waals surface area contributed by atoms with Gasteiger partial charge in [0.05, 0.1) is 29.4 Å². The normalized spacial score (nSPS) is 18.2. The molecule has 2 aliphatic heterocycles. The molecule has 0 saturated carbocycles. The van der Waals surface area contributed by atoms with E-state index in [0.717, 1.165) is 28.0 Å². The summed E-state index contributed by atoms with van der Waals surface area (Å²) in [6, 6.07) is 4.37. The van der Waals surface area contributed by atoms with Crippen molar-refractivity contribution in [3.8, 4) is 0 Å². The van der Waals surface area contributed by atoms with E-state index in [1.807, 2.05) is 11.9 Å². The molecule has 0 bridgehead atoms. The molecule has 42 heavy (non-hydrogen) atoms. The molecule has 2 N–H and O–H groups in total. The average molecular weight is 594 g/mol. The fourth-order valence-electron chi connectivity index (χ4n) is 5.15. The van der Waals surface area contributed by atoms with Gasteiger partial charge < -0.3 is 25.2 Å². The maximum Gasteiger partial charge on any atom is 0.416 e. The summed E-state index contributed by atoms with van der Waals surface area (Å²) in [7, 11) is 4.68. The number of amides is 3. The van der Waals surface area contributed by atoms with Crippen LogP contribution in [0.1, 0.15) is 24.1 Å². The number of oxime groups is 1. The molecule has 3 heterocycles. The third-order valence-electron chi connectivity index (χ3n) is 7.26. The predicted molar refractivity (Wildman–Crippen MR) is 146 cm³/mol. The summed E-state index contributed by atoms with van der Waals surface area (Å²) >= 11 is 0. The lowest BCUT2D eigenvalue weighted by Gasteiger charge is -2.35. The largest absolute Gasteiger partial charge is 0.416 e. The second kappa shape index (κ2) is 11.9. The van der Waals surface area contributed by atoms with Gasteiger partial charge in [-0.3, -0.25) is 19.3 Å². The lowest BCUT2D eigenvalue weighted by atomic mass is 10.0. The Labute approximate surface area is 239 Å². The number of amidine groups is 1. The van der Waals surface area contributed by atoms with Gasteiger partial charge in [0.15, 0.2) is 5.84 Å². The fraction of sp³-hybridized carbons (Fsp3) is 0.444. The number of nitrogens with one attached hydrogen (secondary N) is 1. The molecule has 1 aromatic heterocycles. The zero-order valence-corrected chi connectivity index (χ0v) is 23.4. The van der Waals surface area contributed by atoms with E-state index in [1.165, 1.54) is 38.1 Å². The first kappa shape index (κ1) is 30.7. The van der Waals surface area contributed by atoms with Crippen molar-refractivity contribution in [1.82, 2.24) is 15.2 Å². The molecule has 1 aromatic carbocycles. The third kappa shape index (κ3) is 6.30. The Balaban J connectivity index is 1.58. The Hall–Kier alpha value is -4.27. The lowest BCUT2D eigenvalue weighted by molar-refractivity contribution is -0.137. The number of aryl methyl sites for hydroxylation is 1. The molecule has 3 amide bonds. The topological polar surface area (TPSA) is 122 Å². The summed E-state index contributed by atoms with van der Waals surface area (Å²) in [5.74, 6) is -3.03. The van der Waals surface area contributed by atoms with Gasteiger partial charge in [-0.25, -0.2) is 9.37 Å². The lowest BCUT2D eigenvalue weighted by Crippen LogP contribution is -2.53. The number of nitrogens with zero attached hydrogens (tertiary/aromatic N) is 6. The number of carbonyl (C=O) groups excluding carboxylic acids is 3. The van der Waals surface area contributed by atoms with E-state index in [1.54, 1.807) is 0 Å². The summed E-state index contributed by atoms with van der Waals surface area (Å²) in [6.07, 6.45) is -4.76. The second-order valence-electron chi connectivity index (χ2n) is 10.5. The van der Waals surface area contributed by atoms with Gasteiger partial charge in [0.2, 0.25) is 17.7 Å². The van der Waals surface area contributed by atoms with Gasteiger partial charge in [-0.1, -0.05) is 11.2 Å². The Morgan fingerprint density at radius 1 is 1.21 bits per heavy atom. The summed E-state index contributed by atoms with van der Waals surface area (Å²) in [6.45, 7) is 2.21. The van der Waals surface area contributed by atoms with Crippen LogP contribution in [0.15, 0.2) is 35.5 Å². The van der Waals surface area contributed by atoms with Crippen molar-refractivity contribution in [3.63, 3.8) is 0 Å². The first-order chi connectivity index (χ1) is 19.7. The summed E-state index contributed by atoms with van der Waals surface area (Å²) in [5.41, 5.74) is -0.975. The smallest absolute Gasteiger partial charge is 0.409 e. The molecule has 0 spiro atoms. The number of hydrogen-bond acceptors (Lipinski definition) is 8. The maximum absolute atomic E-state index is 15.2. The molecule has 2 saturated heterocycles. The number of hydrogen-bond donors (Lipinski definition) is 2. The number of alkyl halides is 3. The number of benzene rings is 1. The number of likely N-dealkylation sites (tertiary alicyclic amines) is 1. The van der Waals surface area contributed by atoms with E-state index in [2.05, 4.69) is 15.5 Å². The first-order valence-electron chi connectivity index (χ1n) is 13.1. The number of carbonyl (C=O) groups is 3. The zero-order chi connectivity index (χ0) is 30.9. The van der Waals surface area contributed by atoms with Gasteiger partial charge in [-0.15, -0.1) is 0 Å². The minimum absolute atomic E-state index is 0.0170. The Bertz CT molecular complexity index is 1410. The summed E-state index contributed by atoms with van der Waals surface area (Å²) < 4.78 is 55.6. The highest BCUT2D eigenvalue weighted by atomic mass is 19.4. The van der Waals surface area contributed by atoms with Gasteiger partial charge in [-0.2, -0.15) is 13.2 Å². The maximum atomic E-state index is 15.2. The monoisotopic (exact) mass is 593 g/mol. The van der Waals surface area contributed by atoms with Crippen LogP contribution in [-0.2, 0) is 20.6 Å². The highest BCUT2D eigenvalue weighted by molar-refractivity contribution is 6.09. The van der Waals surface area contributed by atoms with Gasteiger partial charge in [0.1, 0.15) is 17.7 Å². The number of para-hydroxylation sites is 1. The van der Waals surface area contributed by atoms with Crippen LogP contribution in [0.2, 0.25) is 0 Å². The molecule has 1 unspecified atom stereocenters. The van der Waals surface area contributed by atoms with E-state index in [4.69, 9.17) is 0 Å². The fourth-order valence-corrected chi connectivity index (χ4v) is 5.15. The highest BCUT2D eigenvalue weighted by Gasteiger charge is 2.41. The van der Waals surface area contributed by atoms with Crippen LogP contribution < -0.4 is 20.0 Å². The van der Waals surface area contributed by atoms with Gasteiger partial charge in [-0.05, 0) is 44.7 Å². The van der Waals surface area contributed by atoms with E-state index >= 15 is 4.39 Å². The number of halogens is 4. The molecule has 2 aromatic rings. The van der Waals surface area contributed by atoms with Crippen LogP contribution in [0.5, 0.6) is 0 Å². The Kier molecular flexibility index (Phi) is 8.71. The number of anilines is 3. The molecule has 0 radical (unpaired) electrons. The second-order valence-corrected chi connectivity index (χ2v) is 10.5. The zero-order valence-electron chi connectivity index (χ0n) is 23.4. The van der Waals surface area contributed by atoms with Crippen LogP contribution in [0.4, 0.5) is 34.8 Å². The molecule has 226 valence electrons. The number of rotatable bonds is 7. The van der Waals surface area contributed by atoms with Crippen molar-refractivity contribution in [2.75, 3.05) is 55.5 Å². The number of aromatic nitrogens is 1. The molecular weight excluding hydrogens is 562 g/mol. The van der Waals surface area contributed by atoms with Crippen LogP contribution in [0, 0.1) is 18.7 Å². The van der Waals surface area contributed by atoms with Gasteiger partial charge in [0, 0.05) is 39.3 Å². The van der Waals surface area contributed by atoms with Crippen LogP contribution in [0.25, 0.3) is 0 Å². The standard InChI is InChI=1S/C27H31F4N7O4/c1-15-10-17(27(29,30)31)11-22(32-15)38-20(8-9-23(38)39)26(41)37(4)19-7-5-6-18(28)24(19)36(3)14-21(34-42)33-25(40)16-12-35(2)13-16/h5-7,10-11,16,20,42H,8-9,12-14H2,1-4H3,(H,33,34,40). The third-order valence-corrected chi connectivity index (χ3v) is 7.26. The molecule has 1 atom stereocenters. The van der Waals surface area contributed by atoms with Crippen molar-refractivity contribution in [2.45, 2.75) is 32.0 Å². The summed E-state index contributed by atoms with van der Waals surface area (Å²) in [4.78, 5) is 48.4. The van der Waals surface area contributed by atoms with Crippen LogP contribution in [-0.4, -0.2) is 85.5 Å². The van der Waals surface area contributed by atoms with Crippen LogP contribution in [0.3, 0.4) is 0 Å². The van der Waals surface area contributed by atoms with Crippen molar-refractivity contribution in [2.24, 2.45) is 11.1 Å². The summed E-state index contributed by atoms with van der Waals surface area (Å²) in [5, 5.41) is 15.2. The van der Waals surface area contributed by atoms with Gasteiger partial charge in [0.25, 0.3) is 0 Å². The van der Waals surface area contributed by atoms with Gasteiger partial charge >= 0.3 is 6.18 Å². The van der Waals surface area contributed by atoms with Crippen molar-refractivity contribution in [1.29, 1.82) is 0 Å². The Morgan fingerprint density at radius 3 is 2.52 bits per heavy atom. The number of likely N-dealkylation sites (N-methyl/N-ethyl adjacent to an activating group) is 2. The molecule has 11 nitrogen and oxygen atoms in total. The molecule has 2 fully saturated rings. The quantitative estimate of drug-likeness (QED) is 0.167. The highest BCUT2D eigenvalue weighted by Crippen LogP contribution is 2.36. The van der Waals surface area contributed by atoms with Crippen molar-refractivity contribution >= 4 is 40.7 Å². The molecule has 4 rings (SSSR count). The van der Waals surface area contributed by atoms with Crippen molar-refractivity contribution in [3.05, 3.63) is 47.4 Å². The minimum atomic E-state index is -4.69. The minimum Gasteiger partial charge on any atom is -0.409 e. The Morgan fingerprint density at radius 2 is 1.90 bits per heavy atom. The number of pyridine rings is 1. The first-order valence-corrected chi connectivity index (χ1v) is 13.1. The molecule has 0 aliphatic carbocycles. The molecule has 15 heteroatoms. The van der Waals surface area contributed by atoms with E-state index in [9.17, 15) is 32.8 Å². The molecule has 2 aliphatic rings. The van der Waals surface area contributed by atoms with Crippen molar-refractivity contribution < 1.29 is 37.2 Å². The molecular formula is C27H31F4N7O4. The van der Waals surface area contributed by atoms with E-state index in [-0.39, 0.29) is 59.9 Å². The SMILES string of the molecule is Cc1cc(C(F)(F)F)cc(N2C(=O)CCC2C(=O)N(C)c2cccc(F)c2N(C)C/C(=N/O)NC(=O)C2CN(C)C2)n1. The predicted octanol–water partition coefficient (Wildman–Crippen LogP) is 2.61. The van der Waals surface area contributed by atoms with E-state index < -0.39 is 35.4 Å². The average Bonchev–Trinajstić information content (AvgIpc) is 3.29. The van der Waals surface area contributed by atoms with E-state index in [0.29, 0.717) is 13.1 Å².